The highest BCUT2D eigenvalue weighted by Gasteiger charge is 2.44. The molecular formula is C34H27BO3S. The van der Waals surface area contributed by atoms with Crippen molar-refractivity contribution < 1.29 is 13.9 Å². The van der Waals surface area contributed by atoms with Gasteiger partial charge in [-0.25, -0.2) is 0 Å². The maximum atomic E-state index is 6.66. The van der Waals surface area contributed by atoms with E-state index in [0.717, 1.165) is 56.1 Å². The normalized spacial score (nSPS) is 15.2. The molecule has 0 saturated carbocycles. The smallest absolute Gasteiger partial charge is 0.305 e. The largest absolute Gasteiger partial charge is 0.466 e. The summed E-state index contributed by atoms with van der Waals surface area (Å²) in [5.74, 6) is 3.49. The van der Waals surface area contributed by atoms with Crippen LogP contribution in [0.1, 0.15) is 49.4 Å². The number of furan rings is 1. The summed E-state index contributed by atoms with van der Waals surface area (Å²) in [6.45, 7) is 8.75. The van der Waals surface area contributed by atoms with E-state index in [-0.39, 0.29) is 12.1 Å². The zero-order valence-corrected chi connectivity index (χ0v) is 23.3. The van der Waals surface area contributed by atoms with E-state index in [1.165, 1.54) is 50.6 Å². The third-order valence-electron chi connectivity index (χ3n) is 8.92. The predicted molar refractivity (Wildman–Crippen MR) is 162 cm³/mol. The molecule has 0 fully saturated rings. The number of hydrogen-bond acceptors (Lipinski definition) is 4. The van der Waals surface area contributed by atoms with E-state index >= 15 is 0 Å². The molecule has 0 bridgehead atoms. The molecule has 0 spiro atoms. The Bertz CT molecular complexity index is 2060. The minimum atomic E-state index is -0.0811. The van der Waals surface area contributed by atoms with Gasteiger partial charge in [-0.3, -0.25) is 0 Å². The van der Waals surface area contributed by atoms with Crippen molar-refractivity contribution in [2.45, 2.75) is 52.4 Å². The van der Waals surface area contributed by atoms with Crippen LogP contribution in [0.3, 0.4) is 0 Å². The molecule has 5 heteroatoms. The summed E-state index contributed by atoms with van der Waals surface area (Å²) in [5, 5.41) is 3.71. The molecule has 0 radical (unpaired) electrons. The lowest BCUT2D eigenvalue weighted by molar-refractivity contribution is 0.460. The molecule has 2 aliphatic heterocycles. The first kappa shape index (κ1) is 22.2. The molecular weight excluding hydrogens is 499 g/mol. The zero-order chi connectivity index (χ0) is 26.2. The van der Waals surface area contributed by atoms with Crippen LogP contribution in [0.25, 0.3) is 31.1 Å². The highest BCUT2D eigenvalue weighted by atomic mass is 32.1. The lowest BCUT2D eigenvalue weighted by Gasteiger charge is -2.31. The van der Waals surface area contributed by atoms with Crippen LogP contribution in [0.2, 0.25) is 0 Å². The van der Waals surface area contributed by atoms with E-state index in [4.69, 9.17) is 13.9 Å². The Morgan fingerprint density at radius 1 is 0.821 bits per heavy atom. The Balaban J connectivity index is 1.34. The second-order valence-electron chi connectivity index (χ2n) is 12.5. The zero-order valence-electron chi connectivity index (χ0n) is 22.5. The topological polar surface area (TPSA) is 31.6 Å². The lowest BCUT2D eigenvalue weighted by atomic mass is 9.37. The number of benzene rings is 4. The minimum absolute atomic E-state index is 0.0335. The summed E-state index contributed by atoms with van der Waals surface area (Å²) < 4.78 is 22.7. The Morgan fingerprint density at radius 3 is 2.51 bits per heavy atom. The molecule has 39 heavy (non-hydrogen) atoms. The first-order chi connectivity index (χ1) is 18.8. The molecule has 6 aromatic rings. The molecule has 0 unspecified atom stereocenters. The van der Waals surface area contributed by atoms with Crippen LogP contribution in [0.15, 0.2) is 59.0 Å². The molecule has 4 aromatic carbocycles. The lowest BCUT2D eigenvalue weighted by Crippen LogP contribution is -2.57. The van der Waals surface area contributed by atoms with Gasteiger partial charge in [-0.1, -0.05) is 45.0 Å². The van der Waals surface area contributed by atoms with Gasteiger partial charge < -0.3 is 13.9 Å². The fourth-order valence-electron chi connectivity index (χ4n) is 6.96. The van der Waals surface area contributed by atoms with Crippen LogP contribution in [0.4, 0.5) is 0 Å². The minimum Gasteiger partial charge on any atom is -0.466 e. The fourth-order valence-corrected chi connectivity index (χ4v) is 8.26. The van der Waals surface area contributed by atoms with Crippen molar-refractivity contribution in [2.24, 2.45) is 0 Å². The first-order valence-corrected chi connectivity index (χ1v) is 14.7. The molecule has 0 N–H and O–H groups in total. The monoisotopic (exact) mass is 526 g/mol. The van der Waals surface area contributed by atoms with Crippen LogP contribution in [-0.4, -0.2) is 6.71 Å². The Kier molecular flexibility index (Phi) is 4.13. The van der Waals surface area contributed by atoms with Crippen molar-refractivity contribution in [1.29, 1.82) is 0 Å². The van der Waals surface area contributed by atoms with Crippen LogP contribution in [-0.2, 0) is 18.3 Å². The maximum absolute atomic E-state index is 6.66. The summed E-state index contributed by atoms with van der Waals surface area (Å²) in [4.78, 5) is 0. The standard InChI is InChI=1S/C34H27BO3S/c1-17-12-27-30-28(13-17)37-31-23-14-19(34(2,3)4)9-11-25(23)38-33(31)35(30)24-15-22-21-10-8-18-6-5-7-20(18)32(21)39-29(22)16-26(24)36-27/h8-16H,5-7H2,1-4H3. The van der Waals surface area contributed by atoms with Gasteiger partial charge in [0.25, 0.3) is 0 Å². The van der Waals surface area contributed by atoms with Crippen LogP contribution in [0, 0.1) is 6.92 Å². The van der Waals surface area contributed by atoms with Crippen LogP contribution < -0.4 is 26.1 Å². The van der Waals surface area contributed by atoms with Gasteiger partial charge in [-0.05, 0) is 89.6 Å². The van der Waals surface area contributed by atoms with Gasteiger partial charge in [0, 0.05) is 25.6 Å². The summed E-state index contributed by atoms with van der Waals surface area (Å²) in [6.07, 6.45) is 3.64. The van der Waals surface area contributed by atoms with Crippen molar-refractivity contribution in [2.75, 3.05) is 0 Å². The van der Waals surface area contributed by atoms with Gasteiger partial charge in [-0.2, -0.15) is 0 Å². The van der Waals surface area contributed by atoms with Gasteiger partial charge >= 0.3 is 6.71 Å². The Labute approximate surface area is 231 Å². The van der Waals surface area contributed by atoms with Crippen molar-refractivity contribution >= 4 is 65.8 Å². The van der Waals surface area contributed by atoms with Gasteiger partial charge in [0.05, 0.1) is 5.39 Å². The number of thiophene rings is 1. The maximum Gasteiger partial charge on any atom is 0.305 e. The summed E-state index contributed by atoms with van der Waals surface area (Å²) in [5.41, 5.74) is 9.45. The van der Waals surface area contributed by atoms with E-state index in [0.29, 0.717) is 0 Å². The molecule has 2 aromatic heterocycles. The van der Waals surface area contributed by atoms with E-state index in [1.807, 2.05) is 11.3 Å². The second kappa shape index (κ2) is 7.28. The summed E-state index contributed by atoms with van der Waals surface area (Å²) in [7, 11) is 0. The molecule has 3 aliphatic rings. The summed E-state index contributed by atoms with van der Waals surface area (Å²) in [6, 6.07) is 20.1. The molecule has 190 valence electrons. The molecule has 4 heterocycles. The highest BCUT2D eigenvalue weighted by molar-refractivity contribution is 7.26. The highest BCUT2D eigenvalue weighted by Crippen LogP contribution is 2.44. The number of hydrogen-bond donors (Lipinski definition) is 0. The predicted octanol–water partition coefficient (Wildman–Crippen LogP) is 7.62. The fraction of sp³-hybridized carbons (Fsp3) is 0.235. The van der Waals surface area contributed by atoms with Crippen molar-refractivity contribution in [1.82, 2.24) is 0 Å². The SMILES string of the molecule is Cc1cc2c3c(c1)Oc1c(oc4ccc(C(C)(C)C)cc14)B3c1cc3c(cc1O2)sc1c2c(ccc13)CCC2. The second-order valence-corrected chi connectivity index (χ2v) is 13.5. The third kappa shape index (κ3) is 2.94. The van der Waals surface area contributed by atoms with Gasteiger partial charge in [-0.15, -0.1) is 11.3 Å². The van der Waals surface area contributed by atoms with Gasteiger partial charge in [0.1, 0.15) is 28.5 Å². The third-order valence-corrected chi connectivity index (χ3v) is 10.1. The van der Waals surface area contributed by atoms with E-state index in [9.17, 15) is 0 Å². The number of ether oxygens (including phenoxy) is 2. The van der Waals surface area contributed by atoms with E-state index in [1.54, 1.807) is 5.56 Å². The first-order valence-electron chi connectivity index (χ1n) is 13.9. The molecule has 3 nitrogen and oxygen atoms in total. The number of rotatable bonds is 0. The number of aryl methyl sites for hydroxylation is 3. The van der Waals surface area contributed by atoms with Crippen LogP contribution in [0.5, 0.6) is 23.0 Å². The Morgan fingerprint density at radius 2 is 1.67 bits per heavy atom. The molecule has 0 saturated heterocycles. The molecule has 9 rings (SSSR count). The average molecular weight is 526 g/mol. The Hall–Kier alpha value is -3.70. The van der Waals surface area contributed by atoms with Crippen molar-refractivity contribution in [3.8, 4) is 23.0 Å². The van der Waals surface area contributed by atoms with Crippen LogP contribution >= 0.6 is 11.3 Å². The molecule has 0 atom stereocenters. The number of fused-ring (bicyclic) bond motifs is 11. The van der Waals surface area contributed by atoms with Gasteiger partial charge in [0.2, 0.25) is 0 Å². The van der Waals surface area contributed by atoms with E-state index in [2.05, 4.69) is 82.3 Å². The quantitative estimate of drug-likeness (QED) is 0.191. The van der Waals surface area contributed by atoms with Crippen molar-refractivity contribution in [3.63, 3.8) is 0 Å². The van der Waals surface area contributed by atoms with Crippen molar-refractivity contribution in [3.05, 3.63) is 76.9 Å². The summed E-state index contributed by atoms with van der Waals surface area (Å²) >= 11 is 1.92. The molecule has 1 aliphatic carbocycles. The van der Waals surface area contributed by atoms with Gasteiger partial charge in [0.15, 0.2) is 5.75 Å². The molecule has 0 amide bonds. The van der Waals surface area contributed by atoms with E-state index < -0.39 is 0 Å². The average Bonchev–Trinajstić information content (AvgIpc) is 3.61.